The summed E-state index contributed by atoms with van der Waals surface area (Å²) >= 11 is 0. The van der Waals surface area contributed by atoms with Gasteiger partial charge in [0, 0.05) is 12.8 Å². The molecule has 0 radical (unpaired) electrons. The van der Waals surface area contributed by atoms with Crippen LogP contribution in [0, 0.1) is 11.8 Å². The summed E-state index contributed by atoms with van der Waals surface area (Å²) in [5, 5.41) is 0. The topological polar surface area (TPSA) is 44.8 Å². The molecule has 0 aliphatic carbocycles. The Labute approximate surface area is 155 Å². The molecule has 0 saturated carbocycles. The zero-order valence-corrected chi connectivity index (χ0v) is 15.3. The fraction of sp³-hybridized carbons (Fsp3) is 0.318. The van der Waals surface area contributed by atoms with Crippen LogP contribution in [0.2, 0.25) is 0 Å². The predicted molar refractivity (Wildman–Crippen MR) is 101 cm³/mol. The Morgan fingerprint density at radius 1 is 0.923 bits per heavy atom. The molecule has 0 spiro atoms. The van der Waals surface area contributed by atoms with E-state index < -0.39 is 0 Å². The highest BCUT2D eigenvalue weighted by molar-refractivity contribution is 5.69. The maximum atomic E-state index is 11.2. The van der Waals surface area contributed by atoms with Gasteiger partial charge < -0.3 is 14.2 Å². The summed E-state index contributed by atoms with van der Waals surface area (Å²) in [7, 11) is 1.65. The molecule has 0 unspecified atom stereocenters. The van der Waals surface area contributed by atoms with Crippen molar-refractivity contribution in [2.24, 2.45) is 0 Å². The molecule has 2 rings (SSSR count). The first-order valence-corrected chi connectivity index (χ1v) is 8.67. The number of carbonyl (C=O) groups excluding carboxylic acids is 1. The third kappa shape index (κ3) is 6.90. The van der Waals surface area contributed by atoms with Gasteiger partial charge in [0.05, 0.1) is 20.1 Å². The number of carbonyl (C=O) groups is 1. The minimum Gasteiger partial charge on any atom is -0.497 e. The molecule has 2 aromatic carbocycles. The van der Waals surface area contributed by atoms with Gasteiger partial charge in [-0.25, -0.2) is 0 Å². The van der Waals surface area contributed by atoms with Gasteiger partial charge >= 0.3 is 5.97 Å². The lowest BCUT2D eigenvalue weighted by atomic mass is 10.1. The lowest BCUT2D eigenvalue weighted by Crippen LogP contribution is -2.02. The number of benzene rings is 2. The molecule has 4 heteroatoms. The monoisotopic (exact) mass is 352 g/mol. The van der Waals surface area contributed by atoms with E-state index in [1.165, 1.54) is 0 Å². The van der Waals surface area contributed by atoms with Gasteiger partial charge in [-0.3, -0.25) is 4.79 Å². The lowest BCUT2D eigenvalue weighted by Gasteiger charge is -2.07. The van der Waals surface area contributed by atoms with Crippen LogP contribution >= 0.6 is 0 Å². The maximum Gasteiger partial charge on any atom is 0.306 e. The zero-order valence-electron chi connectivity index (χ0n) is 15.3. The number of hydrogen-bond acceptors (Lipinski definition) is 4. The van der Waals surface area contributed by atoms with Crippen LogP contribution in [0.25, 0.3) is 0 Å². The lowest BCUT2D eigenvalue weighted by molar-refractivity contribution is -0.142. The molecular weight excluding hydrogens is 328 g/mol. The molecule has 2 aromatic rings. The molecular formula is C22H24O4. The SMILES string of the molecule is CCOC(=O)CCC#CCc1ccc(OCc2ccc(OC)cc2)cc1. The summed E-state index contributed by atoms with van der Waals surface area (Å²) in [6.45, 7) is 2.73. The fourth-order valence-electron chi connectivity index (χ4n) is 2.24. The Morgan fingerprint density at radius 3 is 2.23 bits per heavy atom. The smallest absolute Gasteiger partial charge is 0.306 e. The fourth-order valence-corrected chi connectivity index (χ4v) is 2.24. The van der Waals surface area contributed by atoms with E-state index in [-0.39, 0.29) is 5.97 Å². The Hall–Kier alpha value is -2.93. The first-order chi connectivity index (χ1) is 12.7. The number of rotatable bonds is 8. The second-order valence-electron chi connectivity index (χ2n) is 5.62. The van der Waals surface area contributed by atoms with Crippen LogP contribution in [0.15, 0.2) is 48.5 Å². The largest absolute Gasteiger partial charge is 0.497 e. The number of hydrogen-bond donors (Lipinski definition) is 0. The van der Waals surface area contributed by atoms with E-state index in [2.05, 4.69) is 11.8 Å². The highest BCUT2D eigenvalue weighted by Gasteiger charge is 1.99. The average Bonchev–Trinajstić information content (AvgIpc) is 2.67. The van der Waals surface area contributed by atoms with Crippen LogP contribution in [-0.4, -0.2) is 19.7 Å². The summed E-state index contributed by atoms with van der Waals surface area (Å²) < 4.78 is 15.8. The number of methoxy groups -OCH3 is 1. The summed E-state index contributed by atoms with van der Waals surface area (Å²) in [6, 6.07) is 15.7. The Morgan fingerprint density at radius 2 is 1.58 bits per heavy atom. The van der Waals surface area contributed by atoms with Crippen LogP contribution in [-0.2, 0) is 22.6 Å². The van der Waals surface area contributed by atoms with Crippen molar-refractivity contribution in [2.45, 2.75) is 32.8 Å². The van der Waals surface area contributed by atoms with Crippen LogP contribution in [0.4, 0.5) is 0 Å². The van der Waals surface area contributed by atoms with Crippen molar-refractivity contribution in [2.75, 3.05) is 13.7 Å². The van der Waals surface area contributed by atoms with Crippen LogP contribution in [0.5, 0.6) is 11.5 Å². The highest BCUT2D eigenvalue weighted by Crippen LogP contribution is 2.16. The molecule has 0 saturated heterocycles. The van der Waals surface area contributed by atoms with Crippen molar-refractivity contribution < 1.29 is 19.0 Å². The van der Waals surface area contributed by atoms with Crippen LogP contribution in [0.1, 0.15) is 30.9 Å². The van der Waals surface area contributed by atoms with E-state index in [0.29, 0.717) is 32.5 Å². The number of ether oxygens (including phenoxy) is 3. The molecule has 0 atom stereocenters. The Bertz CT molecular complexity index is 736. The zero-order chi connectivity index (χ0) is 18.6. The Kier molecular flexibility index (Phi) is 8.08. The first kappa shape index (κ1) is 19.4. The highest BCUT2D eigenvalue weighted by atomic mass is 16.5. The van der Waals surface area contributed by atoms with E-state index in [9.17, 15) is 4.79 Å². The third-order valence-electron chi connectivity index (χ3n) is 3.66. The second-order valence-corrected chi connectivity index (χ2v) is 5.62. The van der Waals surface area contributed by atoms with Gasteiger partial charge in [0.25, 0.3) is 0 Å². The molecule has 0 heterocycles. The van der Waals surface area contributed by atoms with Gasteiger partial charge in [0.2, 0.25) is 0 Å². The quantitative estimate of drug-likeness (QED) is 0.528. The molecule has 0 aliphatic heterocycles. The van der Waals surface area contributed by atoms with Gasteiger partial charge in [-0.2, -0.15) is 0 Å². The van der Waals surface area contributed by atoms with Gasteiger partial charge in [-0.1, -0.05) is 30.2 Å². The molecule has 136 valence electrons. The minimum absolute atomic E-state index is 0.194. The molecule has 26 heavy (non-hydrogen) atoms. The average molecular weight is 352 g/mol. The standard InChI is InChI=1S/C22H24O4/c1-3-25-22(23)8-6-4-5-7-18-9-15-21(16-10-18)26-17-19-11-13-20(24-2)14-12-19/h9-16H,3,6-8,17H2,1-2H3. The molecule has 0 aromatic heterocycles. The normalized spacial score (nSPS) is 9.77. The van der Waals surface area contributed by atoms with Gasteiger partial charge in [0.15, 0.2) is 0 Å². The van der Waals surface area contributed by atoms with E-state index >= 15 is 0 Å². The first-order valence-electron chi connectivity index (χ1n) is 8.67. The van der Waals surface area contributed by atoms with E-state index in [0.717, 1.165) is 22.6 Å². The second kappa shape index (κ2) is 10.8. The Balaban J connectivity index is 1.74. The van der Waals surface area contributed by atoms with Crippen molar-refractivity contribution in [1.82, 2.24) is 0 Å². The van der Waals surface area contributed by atoms with Gasteiger partial charge in [-0.05, 0) is 42.3 Å². The maximum absolute atomic E-state index is 11.2. The van der Waals surface area contributed by atoms with Crippen molar-refractivity contribution in [3.63, 3.8) is 0 Å². The van der Waals surface area contributed by atoms with Crippen LogP contribution in [0.3, 0.4) is 0 Å². The van der Waals surface area contributed by atoms with Gasteiger partial charge in [0.1, 0.15) is 18.1 Å². The molecule has 0 fully saturated rings. The third-order valence-corrected chi connectivity index (χ3v) is 3.66. The molecule has 4 nitrogen and oxygen atoms in total. The summed E-state index contributed by atoms with van der Waals surface area (Å²) in [6.07, 6.45) is 1.53. The molecule has 0 aliphatic rings. The summed E-state index contributed by atoms with van der Waals surface area (Å²) in [5.74, 6) is 7.54. The van der Waals surface area contributed by atoms with Gasteiger partial charge in [-0.15, -0.1) is 5.92 Å². The minimum atomic E-state index is -0.194. The molecule has 0 bridgehead atoms. The number of esters is 1. The predicted octanol–water partition coefficient (Wildman–Crippen LogP) is 4.16. The van der Waals surface area contributed by atoms with Crippen molar-refractivity contribution in [3.8, 4) is 23.3 Å². The van der Waals surface area contributed by atoms with E-state index in [4.69, 9.17) is 14.2 Å². The summed E-state index contributed by atoms with van der Waals surface area (Å²) in [4.78, 5) is 11.2. The van der Waals surface area contributed by atoms with Crippen molar-refractivity contribution in [1.29, 1.82) is 0 Å². The van der Waals surface area contributed by atoms with Crippen molar-refractivity contribution in [3.05, 3.63) is 59.7 Å². The van der Waals surface area contributed by atoms with Crippen LogP contribution < -0.4 is 9.47 Å². The van der Waals surface area contributed by atoms with Crippen molar-refractivity contribution >= 4 is 5.97 Å². The van der Waals surface area contributed by atoms with E-state index in [1.807, 2.05) is 48.5 Å². The summed E-state index contributed by atoms with van der Waals surface area (Å²) in [5.41, 5.74) is 2.20. The van der Waals surface area contributed by atoms with E-state index in [1.54, 1.807) is 14.0 Å². The molecule has 0 N–H and O–H groups in total. The molecule has 0 amide bonds.